The predicted octanol–water partition coefficient (Wildman–Crippen LogP) is 4.72. The van der Waals surface area contributed by atoms with Gasteiger partial charge in [0.25, 0.3) is 5.91 Å². The van der Waals surface area contributed by atoms with E-state index in [9.17, 15) is 18.4 Å². The molecule has 0 saturated carbocycles. The molecule has 0 bridgehead atoms. The standard InChI is InChI=1S/C25H29ClF2N2O3/c1-3-24(31)29(2)22(14-18-8-9-19(27)15-21(18)28)17-10-12-30(13-11-17)25(32)16-33-23-7-5-4-6-20(23)26/h4-9,15,17,22H,3,10-14,16H2,1-2H3/t22-/m1/s1. The maximum atomic E-state index is 14.3. The molecule has 0 radical (unpaired) electrons. The van der Waals surface area contributed by atoms with Crippen LogP contribution >= 0.6 is 11.6 Å². The van der Waals surface area contributed by atoms with Crippen molar-refractivity contribution in [2.75, 3.05) is 26.7 Å². The number of nitrogens with zero attached hydrogens (tertiary/aromatic N) is 2. The average molecular weight is 479 g/mol. The van der Waals surface area contributed by atoms with Crippen molar-refractivity contribution >= 4 is 23.4 Å². The van der Waals surface area contributed by atoms with Gasteiger partial charge in [0.1, 0.15) is 17.4 Å². The van der Waals surface area contributed by atoms with E-state index in [2.05, 4.69) is 0 Å². The molecule has 1 atom stereocenters. The van der Waals surface area contributed by atoms with E-state index in [0.717, 1.165) is 6.07 Å². The van der Waals surface area contributed by atoms with E-state index in [1.165, 1.54) is 12.1 Å². The Morgan fingerprint density at radius 3 is 2.52 bits per heavy atom. The molecular formula is C25H29ClF2N2O3. The molecule has 0 spiro atoms. The van der Waals surface area contributed by atoms with Gasteiger partial charge in [0, 0.05) is 38.7 Å². The summed E-state index contributed by atoms with van der Waals surface area (Å²) in [5, 5.41) is 0.448. The number of likely N-dealkylation sites (N-methyl/N-ethyl adjacent to an activating group) is 1. The molecule has 178 valence electrons. The fraction of sp³-hybridized carbons (Fsp3) is 0.440. The number of rotatable bonds is 8. The molecule has 8 heteroatoms. The number of hydrogen-bond acceptors (Lipinski definition) is 3. The Hall–Kier alpha value is -2.67. The molecule has 1 heterocycles. The summed E-state index contributed by atoms with van der Waals surface area (Å²) in [6.07, 6.45) is 1.98. The van der Waals surface area contributed by atoms with Crippen LogP contribution in [0, 0.1) is 17.6 Å². The van der Waals surface area contributed by atoms with Gasteiger partial charge >= 0.3 is 0 Å². The summed E-state index contributed by atoms with van der Waals surface area (Å²) in [4.78, 5) is 28.5. The van der Waals surface area contributed by atoms with E-state index in [0.29, 0.717) is 55.1 Å². The molecule has 5 nitrogen and oxygen atoms in total. The second-order valence-corrected chi connectivity index (χ2v) is 8.71. The first-order valence-electron chi connectivity index (χ1n) is 11.1. The van der Waals surface area contributed by atoms with Gasteiger partial charge in [-0.15, -0.1) is 0 Å². The number of amides is 2. The van der Waals surface area contributed by atoms with Gasteiger partial charge in [0.2, 0.25) is 5.91 Å². The van der Waals surface area contributed by atoms with Crippen LogP contribution in [0.4, 0.5) is 8.78 Å². The summed E-state index contributed by atoms with van der Waals surface area (Å²) in [6.45, 7) is 2.72. The van der Waals surface area contributed by atoms with Crippen molar-refractivity contribution in [3.8, 4) is 5.75 Å². The molecular weight excluding hydrogens is 450 g/mol. The number of piperidine rings is 1. The quantitative estimate of drug-likeness (QED) is 0.552. The van der Waals surface area contributed by atoms with Crippen molar-refractivity contribution in [1.82, 2.24) is 9.80 Å². The SMILES string of the molecule is CCC(=O)N(C)[C@H](Cc1ccc(F)cc1F)C1CCN(C(=O)COc2ccccc2Cl)CC1. The number of hydrogen-bond donors (Lipinski definition) is 0. The summed E-state index contributed by atoms with van der Waals surface area (Å²) in [6, 6.07) is 10.3. The highest BCUT2D eigenvalue weighted by atomic mass is 35.5. The topological polar surface area (TPSA) is 49.9 Å². The molecule has 0 aliphatic carbocycles. The highest BCUT2D eigenvalue weighted by Gasteiger charge is 2.33. The lowest BCUT2D eigenvalue weighted by molar-refractivity contribution is -0.137. The maximum absolute atomic E-state index is 14.3. The van der Waals surface area contributed by atoms with E-state index in [-0.39, 0.29) is 30.4 Å². The van der Waals surface area contributed by atoms with Crippen molar-refractivity contribution in [3.63, 3.8) is 0 Å². The lowest BCUT2D eigenvalue weighted by Gasteiger charge is -2.40. The Kier molecular flexibility index (Phi) is 8.67. The van der Waals surface area contributed by atoms with Crippen molar-refractivity contribution in [3.05, 3.63) is 64.7 Å². The molecule has 2 amide bonds. The molecule has 1 aliphatic rings. The van der Waals surface area contributed by atoms with Crippen LogP contribution in [0.3, 0.4) is 0 Å². The highest BCUT2D eigenvalue weighted by Crippen LogP contribution is 2.28. The lowest BCUT2D eigenvalue weighted by Crippen LogP contribution is -2.49. The van der Waals surface area contributed by atoms with Crippen molar-refractivity contribution in [2.45, 2.75) is 38.6 Å². The van der Waals surface area contributed by atoms with Gasteiger partial charge < -0.3 is 14.5 Å². The fourth-order valence-corrected chi connectivity index (χ4v) is 4.48. The summed E-state index contributed by atoms with van der Waals surface area (Å²) in [5.74, 6) is -0.855. The third kappa shape index (κ3) is 6.44. The number of carbonyl (C=O) groups is 2. The van der Waals surface area contributed by atoms with Crippen LogP contribution < -0.4 is 4.74 Å². The maximum Gasteiger partial charge on any atom is 0.260 e. The van der Waals surface area contributed by atoms with Crippen LogP contribution in [0.1, 0.15) is 31.7 Å². The van der Waals surface area contributed by atoms with Gasteiger partial charge in [-0.3, -0.25) is 9.59 Å². The first-order chi connectivity index (χ1) is 15.8. The van der Waals surface area contributed by atoms with Gasteiger partial charge in [0.05, 0.1) is 5.02 Å². The van der Waals surface area contributed by atoms with E-state index >= 15 is 0 Å². The van der Waals surface area contributed by atoms with Crippen LogP contribution in [0.25, 0.3) is 0 Å². The van der Waals surface area contributed by atoms with Crippen LogP contribution in [0.2, 0.25) is 5.02 Å². The Morgan fingerprint density at radius 2 is 1.88 bits per heavy atom. The summed E-state index contributed by atoms with van der Waals surface area (Å²) in [5.41, 5.74) is 0.379. The molecule has 1 aliphatic heterocycles. The Balaban J connectivity index is 1.63. The zero-order valence-corrected chi connectivity index (χ0v) is 19.7. The summed E-state index contributed by atoms with van der Waals surface area (Å²) >= 11 is 6.07. The number of likely N-dealkylation sites (tertiary alicyclic amines) is 1. The minimum Gasteiger partial charge on any atom is -0.482 e. The largest absolute Gasteiger partial charge is 0.482 e. The highest BCUT2D eigenvalue weighted by molar-refractivity contribution is 6.32. The van der Waals surface area contributed by atoms with Crippen molar-refractivity contribution in [2.24, 2.45) is 5.92 Å². The minimum absolute atomic E-state index is 0.0332. The number of carbonyl (C=O) groups excluding carboxylic acids is 2. The third-order valence-electron chi connectivity index (χ3n) is 6.26. The second-order valence-electron chi connectivity index (χ2n) is 8.30. The number of halogens is 3. The van der Waals surface area contributed by atoms with Crippen LogP contribution in [-0.4, -0.2) is 54.4 Å². The molecule has 2 aromatic carbocycles. The lowest BCUT2D eigenvalue weighted by atomic mass is 9.84. The molecule has 1 saturated heterocycles. The molecule has 2 aromatic rings. The Morgan fingerprint density at radius 1 is 1.18 bits per heavy atom. The van der Waals surface area contributed by atoms with Crippen molar-refractivity contribution in [1.29, 1.82) is 0 Å². The fourth-order valence-electron chi connectivity index (χ4n) is 4.29. The average Bonchev–Trinajstić information content (AvgIpc) is 2.82. The van der Waals surface area contributed by atoms with Gasteiger partial charge in [-0.2, -0.15) is 0 Å². The number of ether oxygens (including phenoxy) is 1. The Bertz CT molecular complexity index is 980. The molecule has 0 aromatic heterocycles. The van der Waals surface area contributed by atoms with E-state index in [4.69, 9.17) is 16.3 Å². The van der Waals surface area contributed by atoms with E-state index in [1.807, 2.05) is 0 Å². The van der Waals surface area contributed by atoms with Gasteiger partial charge in [-0.1, -0.05) is 36.7 Å². The summed E-state index contributed by atoms with van der Waals surface area (Å²) < 4.78 is 33.2. The van der Waals surface area contributed by atoms with E-state index in [1.54, 1.807) is 48.0 Å². The molecule has 0 unspecified atom stereocenters. The smallest absolute Gasteiger partial charge is 0.260 e. The first kappa shape index (κ1) is 25.0. The minimum atomic E-state index is -0.628. The third-order valence-corrected chi connectivity index (χ3v) is 6.57. The second kappa shape index (κ2) is 11.5. The van der Waals surface area contributed by atoms with Gasteiger partial charge in [-0.25, -0.2) is 8.78 Å². The monoisotopic (exact) mass is 478 g/mol. The first-order valence-corrected chi connectivity index (χ1v) is 11.5. The number of para-hydroxylation sites is 1. The normalized spacial score (nSPS) is 15.2. The van der Waals surface area contributed by atoms with E-state index < -0.39 is 11.6 Å². The molecule has 0 N–H and O–H groups in total. The van der Waals surface area contributed by atoms with Crippen molar-refractivity contribution < 1.29 is 23.1 Å². The van der Waals surface area contributed by atoms with Gasteiger partial charge in [-0.05, 0) is 48.9 Å². The number of benzene rings is 2. The molecule has 1 fully saturated rings. The van der Waals surface area contributed by atoms with Gasteiger partial charge in [0.15, 0.2) is 6.61 Å². The predicted molar refractivity (Wildman–Crippen MR) is 123 cm³/mol. The summed E-state index contributed by atoms with van der Waals surface area (Å²) in [7, 11) is 1.73. The van der Waals surface area contributed by atoms with Crippen LogP contribution in [0.15, 0.2) is 42.5 Å². The van der Waals surface area contributed by atoms with Crippen LogP contribution in [0.5, 0.6) is 5.75 Å². The zero-order valence-electron chi connectivity index (χ0n) is 18.9. The van der Waals surface area contributed by atoms with Crippen LogP contribution in [-0.2, 0) is 16.0 Å². The zero-order chi connectivity index (χ0) is 24.0. The molecule has 3 rings (SSSR count). The molecule has 33 heavy (non-hydrogen) atoms. The Labute approximate surface area is 198 Å².